The third kappa shape index (κ3) is 4.54. The van der Waals surface area contributed by atoms with Gasteiger partial charge in [-0.3, -0.25) is 14.5 Å². The van der Waals surface area contributed by atoms with Crippen molar-refractivity contribution < 1.29 is 14.3 Å². The van der Waals surface area contributed by atoms with Gasteiger partial charge >= 0.3 is 0 Å². The van der Waals surface area contributed by atoms with Crippen molar-refractivity contribution in [1.29, 1.82) is 0 Å². The quantitative estimate of drug-likeness (QED) is 0.781. The zero-order chi connectivity index (χ0) is 17.6. The van der Waals surface area contributed by atoms with E-state index in [0.29, 0.717) is 37.4 Å². The summed E-state index contributed by atoms with van der Waals surface area (Å²) in [4.78, 5) is 27.5. The number of hydrogen-bond acceptors (Lipinski definition) is 4. The smallest absolute Gasteiger partial charge is 0.252 e. The van der Waals surface area contributed by atoms with E-state index in [2.05, 4.69) is 21.2 Å². The van der Waals surface area contributed by atoms with Crippen LogP contribution in [0.25, 0.3) is 0 Å². The van der Waals surface area contributed by atoms with E-state index in [1.165, 1.54) is 0 Å². The Balaban J connectivity index is 1.81. The van der Waals surface area contributed by atoms with Crippen LogP contribution in [0.5, 0.6) is 0 Å². The molecule has 0 radical (unpaired) electrons. The lowest BCUT2D eigenvalue weighted by atomic mass is 10.1. The fraction of sp³-hybridized carbons (Fsp3) is 0.263. The Hall–Kier alpha value is -2.02. The van der Waals surface area contributed by atoms with Gasteiger partial charge in [0, 0.05) is 28.7 Å². The Bertz CT molecular complexity index is 728. The molecular formula is C19H19BrN2O3. The number of halogens is 1. The van der Waals surface area contributed by atoms with Gasteiger partial charge in [0.2, 0.25) is 0 Å². The summed E-state index contributed by atoms with van der Waals surface area (Å²) in [5.74, 6) is -0.388. The maximum Gasteiger partial charge on any atom is 0.252 e. The van der Waals surface area contributed by atoms with Crippen LogP contribution in [-0.4, -0.2) is 49.1 Å². The average molecular weight is 403 g/mol. The molecule has 130 valence electrons. The van der Waals surface area contributed by atoms with Crippen molar-refractivity contribution in [1.82, 2.24) is 10.2 Å². The van der Waals surface area contributed by atoms with E-state index in [-0.39, 0.29) is 11.7 Å². The van der Waals surface area contributed by atoms with Crippen LogP contribution in [-0.2, 0) is 4.74 Å². The SMILES string of the molecule is O=C(N[C@H](C(=O)c1ccccc1)N1CCOCC1)c1ccc(Br)cc1. The van der Waals surface area contributed by atoms with E-state index < -0.39 is 6.17 Å². The van der Waals surface area contributed by atoms with Gasteiger partial charge in [0.1, 0.15) is 6.17 Å². The van der Waals surface area contributed by atoms with E-state index in [9.17, 15) is 9.59 Å². The number of carbonyl (C=O) groups excluding carboxylic acids is 2. The van der Waals surface area contributed by atoms with Crippen LogP contribution < -0.4 is 5.32 Å². The van der Waals surface area contributed by atoms with Crippen molar-refractivity contribution in [3.05, 3.63) is 70.2 Å². The number of benzene rings is 2. The topological polar surface area (TPSA) is 58.6 Å². The van der Waals surface area contributed by atoms with Crippen molar-refractivity contribution in [2.45, 2.75) is 6.17 Å². The van der Waals surface area contributed by atoms with Crippen molar-refractivity contribution in [2.75, 3.05) is 26.3 Å². The second kappa shape index (κ2) is 8.38. The molecule has 1 N–H and O–H groups in total. The van der Waals surface area contributed by atoms with Crippen molar-refractivity contribution >= 4 is 27.6 Å². The van der Waals surface area contributed by atoms with Gasteiger partial charge in [-0.2, -0.15) is 0 Å². The van der Waals surface area contributed by atoms with Gasteiger partial charge in [-0.05, 0) is 24.3 Å². The summed E-state index contributed by atoms with van der Waals surface area (Å²) < 4.78 is 6.26. The number of Topliss-reactive ketones (excluding diaryl/α,β-unsaturated/α-hetero) is 1. The van der Waals surface area contributed by atoms with Gasteiger partial charge in [-0.25, -0.2) is 0 Å². The third-order valence-corrected chi connectivity index (χ3v) is 4.62. The molecule has 0 unspecified atom stereocenters. The molecule has 6 heteroatoms. The molecule has 1 aliphatic rings. The molecule has 0 spiro atoms. The summed E-state index contributed by atoms with van der Waals surface area (Å²) in [6, 6.07) is 16.1. The van der Waals surface area contributed by atoms with Crippen LogP contribution in [0.2, 0.25) is 0 Å². The molecule has 25 heavy (non-hydrogen) atoms. The van der Waals surface area contributed by atoms with E-state index >= 15 is 0 Å². The number of nitrogens with zero attached hydrogens (tertiary/aromatic N) is 1. The number of nitrogens with one attached hydrogen (secondary N) is 1. The molecule has 1 aliphatic heterocycles. The predicted molar refractivity (Wildman–Crippen MR) is 98.6 cm³/mol. The number of morpholine rings is 1. The standard InChI is InChI=1S/C19H19BrN2O3/c20-16-8-6-15(7-9-16)19(24)21-18(22-10-12-25-13-11-22)17(23)14-4-2-1-3-5-14/h1-9,18H,10-13H2,(H,21,24)/t18-/m0/s1. The van der Waals surface area contributed by atoms with Crippen molar-refractivity contribution in [3.63, 3.8) is 0 Å². The zero-order valence-electron chi connectivity index (χ0n) is 13.7. The molecule has 5 nitrogen and oxygen atoms in total. The first-order valence-electron chi connectivity index (χ1n) is 8.12. The van der Waals surface area contributed by atoms with Crippen molar-refractivity contribution in [3.8, 4) is 0 Å². The molecule has 1 atom stereocenters. The van der Waals surface area contributed by atoms with E-state index in [1.807, 2.05) is 23.1 Å². The molecule has 1 heterocycles. The number of amides is 1. The third-order valence-electron chi connectivity index (χ3n) is 4.09. The monoisotopic (exact) mass is 402 g/mol. The van der Waals surface area contributed by atoms with Crippen LogP contribution in [0.4, 0.5) is 0 Å². The molecule has 0 saturated carbocycles. The van der Waals surface area contributed by atoms with Gasteiger partial charge in [0.25, 0.3) is 5.91 Å². The summed E-state index contributed by atoms with van der Waals surface area (Å²) in [5.41, 5.74) is 1.09. The highest BCUT2D eigenvalue weighted by Gasteiger charge is 2.29. The zero-order valence-corrected chi connectivity index (χ0v) is 15.2. The minimum absolute atomic E-state index is 0.118. The highest BCUT2D eigenvalue weighted by atomic mass is 79.9. The average Bonchev–Trinajstić information content (AvgIpc) is 2.67. The first-order chi connectivity index (χ1) is 12.1. The maximum absolute atomic E-state index is 13.0. The molecule has 0 bridgehead atoms. The Labute approximate surface area is 155 Å². The lowest BCUT2D eigenvalue weighted by Gasteiger charge is -2.33. The van der Waals surface area contributed by atoms with Crippen LogP contribution in [0.15, 0.2) is 59.1 Å². The largest absolute Gasteiger partial charge is 0.379 e. The molecule has 1 saturated heterocycles. The van der Waals surface area contributed by atoms with Gasteiger partial charge < -0.3 is 10.1 Å². The molecule has 3 rings (SSSR count). The minimum atomic E-state index is -0.706. The molecule has 1 fully saturated rings. The highest BCUT2D eigenvalue weighted by molar-refractivity contribution is 9.10. The Morgan fingerprint density at radius 2 is 1.60 bits per heavy atom. The molecule has 1 amide bonds. The molecule has 2 aromatic rings. The maximum atomic E-state index is 13.0. The summed E-state index contributed by atoms with van der Waals surface area (Å²) in [5, 5.41) is 2.89. The fourth-order valence-electron chi connectivity index (χ4n) is 2.73. The second-order valence-corrected chi connectivity index (χ2v) is 6.68. The molecule has 0 aliphatic carbocycles. The number of ketones is 1. The molecule has 2 aromatic carbocycles. The minimum Gasteiger partial charge on any atom is -0.379 e. The lowest BCUT2D eigenvalue weighted by Crippen LogP contribution is -2.56. The van der Waals surface area contributed by atoms with Crippen LogP contribution in [0.3, 0.4) is 0 Å². The number of ether oxygens (including phenoxy) is 1. The summed E-state index contributed by atoms with van der Waals surface area (Å²) in [6.07, 6.45) is -0.706. The van der Waals surface area contributed by atoms with Crippen molar-refractivity contribution in [2.24, 2.45) is 0 Å². The summed E-state index contributed by atoms with van der Waals surface area (Å²) in [6.45, 7) is 2.30. The van der Waals surface area contributed by atoms with E-state index in [1.54, 1.807) is 36.4 Å². The first kappa shape index (κ1) is 17.8. The second-order valence-electron chi connectivity index (χ2n) is 5.76. The number of carbonyl (C=O) groups is 2. The Kier molecular flexibility index (Phi) is 5.96. The summed E-state index contributed by atoms with van der Waals surface area (Å²) in [7, 11) is 0. The van der Waals surface area contributed by atoms with Crippen LogP contribution in [0.1, 0.15) is 20.7 Å². The molecular weight excluding hydrogens is 384 g/mol. The summed E-state index contributed by atoms with van der Waals surface area (Å²) >= 11 is 3.35. The van der Waals surface area contributed by atoms with Gasteiger partial charge in [0.05, 0.1) is 13.2 Å². The van der Waals surface area contributed by atoms with Crippen LogP contribution >= 0.6 is 15.9 Å². The van der Waals surface area contributed by atoms with Gasteiger partial charge in [-0.15, -0.1) is 0 Å². The predicted octanol–water partition coefficient (Wildman–Crippen LogP) is 2.72. The normalized spacial score (nSPS) is 16.2. The first-order valence-corrected chi connectivity index (χ1v) is 8.92. The van der Waals surface area contributed by atoms with E-state index in [0.717, 1.165) is 4.47 Å². The van der Waals surface area contributed by atoms with E-state index in [4.69, 9.17) is 4.74 Å². The van der Waals surface area contributed by atoms with Gasteiger partial charge in [-0.1, -0.05) is 46.3 Å². The number of hydrogen-bond donors (Lipinski definition) is 1. The molecule has 0 aromatic heterocycles. The fourth-order valence-corrected chi connectivity index (χ4v) is 2.99. The van der Waals surface area contributed by atoms with Gasteiger partial charge in [0.15, 0.2) is 5.78 Å². The Morgan fingerprint density at radius 3 is 2.24 bits per heavy atom. The highest BCUT2D eigenvalue weighted by Crippen LogP contribution is 2.13. The Morgan fingerprint density at radius 1 is 0.960 bits per heavy atom. The lowest BCUT2D eigenvalue weighted by molar-refractivity contribution is 0.0111. The van der Waals surface area contributed by atoms with Crippen LogP contribution in [0, 0.1) is 0 Å². The number of rotatable bonds is 5.